The molecule has 0 saturated heterocycles. The first-order chi connectivity index (χ1) is 16.0. The molecule has 0 fully saturated rings. The average molecular weight is 504 g/mol. The van der Waals surface area contributed by atoms with Crippen LogP contribution in [0.4, 0.5) is 9.18 Å². The summed E-state index contributed by atoms with van der Waals surface area (Å²) in [5, 5.41) is 3.56. The molecule has 0 spiro atoms. The predicted octanol–water partition coefficient (Wildman–Crippen LogP) is 7.77. The standard InChI is InChI=1S/C27H28Cl2FNO3/c1-16-11-12-23(33-5)25(30)24(16)19-13-18(21(28)14-22(19)29)20(17-9-7-6-8-10-17)15-31-26(32)34-27(2,3)4/h6-14,20H,15H2,1-5H3,(H,31,32). The van der Waals surface area contributed by atoms with Crippen LogP contribution >= 0.6 is 23.2 Å². The molecule has 0 radical (unpaired) electrons. The summed E-state index contributed by atoms with van der Waals surface area (Å²) in [4.78, 5) is 12.4. The largest absolute Gasteiger partial charge is 0.494 e. The Morgan fingerprint density at radius 2 is 1.74 bits per heavy atom. The van der Waals surface area contributed by atoms with Gasteiger partial charge in [-0.3, -0.25) is 0 Å². The quantitative estimate of drug-likeness (QED) is 0.373. The van der Waals surface area contributed by atoms with E-state index in [4.69, 9.17) is 32.7 Å². The Bertz CT molecular complexity index is 1180. The van der Waals surface area contributed by atoms with Crippen LogP contribution in [-0.4, -0.2) is 25.3 Å². The lowest BCUT2D eigenvalue weighted by Gasteiger charge is -2.24. The van der Waals surface area contributed by atoms with Gasteiger partial charge in [0.2, 0.25) is 0 Å². The van der Waals surface area contributed by atoms with E-state index in [1.54, 1.807) is 52.0 Å². The Hall–Kier alpha value is -2.76. The highest BCUT2D eigenvalue weighted by molar-refractivity contribution is 6.37. The van der Waals surface area contributed by atoms with Gasteiger partial charge in [-0.2, -0.15) is 0 Å². The topological polar surface area (TPSA) is 47.6 Å². The number of methoxy groups -OCH3 is 1. The van der Waals surface area contributed by atoms with Crippen molar-refractivity contribution in [1.82, 2.24) is 5.32 Å². The maximum atomic E-state index is 15.3. The minimum Gasteiger partial charge on any atom is -0.494 e. The number of carbonyl (C=O) groups is 1. The molecule has 3 aromatic carbocycles. The first-order valence-electron chi connectivity index (χ1n) is 10.9. The molecule has 1 atom stereocenters. The number of ether oxygens (including phenoxy) is 2. The molecular weight excluding hydrogens is 476 g/mol. The van der Waals surface area contributed by atoms with Crippen LogP contribution in [0.15, 0.2) is 54.6 Å². The molecule has 0 heterocycles. The second-order valence-corrected chi connectivity index (χ2v) is 9.79. The number of carbonyl (C=O) groups excluding carboxylic acids is 1. The fraction of sp³-hybridized carbons (Fsp3) is 0.296. The number of hydrogen-bond acceptors (Lipinski definition) is 3. The third-order valence-electron chi connectivity index (χ3n) is 5.32. The van der Waals surface area contributed by atoms with Gasteiger partial charge in [-0.15, -0.1) is 0 Å². The first kappa shape index (κ1) is 25.9. The molecule has 0 saturated carbocycles. The second-order valence-electron chi connectivity index (χ2n) is 8.97. The van der Waals surface area contributed by atoms with Gasteiger partial charge in [0.05, 0.1) is 12.1 Å². The van der Waals surface area contributed by atoms with Gasteiger partial charge in [-0.1, -0.05) is 59.6 Å². The molecule has 1 amide bonds. The number of hydrogen-bond donors (Lipinski definition) is 1. The fourth-order valence-electron chi connectivity index (χ4n) is 3.76. The van der Waals surface area contributed by atoms with Crippen molar-refractivity contribution in [3.05, 3.63) is 87.2 Å². The maximum absolute atomic E-state index is 15.3. The Labute approximate surface area is 210 Å². The number of amides is 1. The van der Waals surface area contributed by atoms with E-state index in [0.29, 0.717) is 32.3 Å². The molecule has 7 heteroatoms. The summed E-state index contributed by atoms with van der Waals surface area (Å²) in [5.74, 6) is -0.702. The van der Waals surface area contributed by atoms with Crippen molar-refractivity contribution in [3.8, 4) is 16.9 Å². The highest BCUT2D eigenvalue weighted by Gasteiger charge is 2.24. The van der Waals surface area contributed by atoms with Crippen LogP contribution in [0.5, 0.6) is 5.75 Å². The third kappa shape index (κ3) is 6.02. The number of benzene rings is 3. The summed E-state index contributed by atoms with van der Waals surface area (Å²) >= 11 is 13.2. The molecule has 3 aromatic rings. The van der Waals surface area contributed by atoms with Crippen LogP contribution in [0.3, 0.4) is 0 Å². The van der Waals surface area contributed by atoms with Crippen LogP contribution in [0.1, 0.15) is 43.4 Å². The molecule has 0 aromatic heterocycles. The summed E-state index contributed by atoms with van der Waals surface area (Å²) in [5.41, 5.74) is 2.54. The molecule has 34 heavy (non-hydrogen) atoms. The SMILES string of the molecule is COc1ccc(C)c(-c2cc(C(CNC(=O)OC(C)(C)C)c3ccccc3)c(Cl)cc2Cl)c1F. The van der Waals surface area contributed by atoms with Gasteiger partial charge in [-0.05, 0) is 62.6 Å². The molecule has 180 valence electrons. The lowest BCUT2D eigenvalue weighted by molar-refractivity contribution is 0.0526. The second kappa shape index (κ2) is 10.7. The highest BCUT2D eigenvalue weighted by atomic mass is 35.5. The van der Waals surface area contributed by atoms with Gasteiger partial charge in [0, 0.05) is 28.6 Å². The van der Waals surface area contributed by atoms with Crippen LogP contribution < -0.4 is 10.1 Å². The van der Waals surface area contributed by atoms with E-state index in [1.165, 1.54) is 7.11 Å². The Kier molecular flexibility index (Phi) is 8.11. The number of nitrogens with one attached hydrogen (secondary N) is 1. The number of alkyl carbamates (subject to hydrolysis) is 1. The van der Waals surface area contributed by atoms with Crippen molar-refractivity contribution in [1.29, 1.82) is 0 Å². The van der Waals surface area contributed by atoms with Crippen LogP contribution in [0.25, 0.3) is 11.1 Å². The van der Waals surface area contributed by atoms with Gasteiger partial charge >= 0.3 is 6.09 Å². The van der Waals surface area contributed by atoms with Crippen molar-refractivity contribution in [3.63, 3.8) is 0 Å². The molecule has 0 aliphatic rings. The van der Waals surface area contributed by atoms with Crippen LogP contribution in [0, 0.1) is 12.7 Å². The summed E-state index contributed by atoms with van der Waals surface area (Å²) < 4.78 is 25.8. The van der Waals surface area contributed by atoms with E-state index in [1.807, 2.05) is 30.3 Å². The van der Waals surface area contributed by atoms with Gasteiger partial charge in [-0.25, -0.2) is 9.18 Å². The van der Waals surface area contributed by atoms with E-state index < -0.39 is 17.5 Å². The fourth-order valence-corrected chi connectivity index (χ4v) is 4.37. The number of aryl methyl sites for hydroxylation is 1. The summed E-state index contributed by atoms with van der Waals surface area (Å²) in [6, 6.07) is 16.4. The molecular formula is C27H28Cl2FNO3. The van der Waals surface area contributed by atoms with Crippen molar-refractivity contribution in [2.75, 3.05) is 13.7 Å². The lowest BCUT2D eigenvalue weighted by atomic mass is 9.88. The normalized spacial score (nSPS) is 12.2. The molecule has 4 nitrogen and oxygen atoms in total. The van der Waals surface area contributed by atoms with Crippen LogP contribution in [-0.2, 0) is 4.74 Å². The van der Waals surface area contributed by atoms with Crippen molar-refractivity contribution >= 4 is 29.3 Å². The summed E-state index contributed by atoms with van der Waals surface area (Å²) in [6.45, 7) is 7.43. The van der Waals surface area contributed by atoms with E-state index >= 15 is 4.39 Å². The lowest BCUT2D eigenvalue weighted by Crippen LogP contribution is -2.35. The van der Waals surface area contributed by atoms with Gasteiger partial charge < -0.3 is 14.8 Å². The van der Waals surface area contributed by atoms with Crippen molar-refractivity contribution < 1.29 is 18.7 Å². The zero-order valence-corrected chi connectivity index (χ0v) is 21.4. The molecule has 0 aliphatic carbocycles. The smallest absolute Gasteiger partial charge is 0.407 e. The molecule has 1 N–H and O–H groups in total. The minimum atomic E-state index is -0.626. The number of rotatable bonds is 6. The van der Waals surface area contributed by atoms with E-state index in [9.17, 15) is 4.79 Å². The number of halogens is 3. The minimum absolute atomic E-state index is 0.124. The highest BCUT2D eigenvalue weighted by Crippen LogP contribution is 2.41. The molecule has 0 aliphatic heterocycles. The average Bonchev–Trinajstić information content (AvgIpc) is 2.76. The monoisotopic (exact) mass is 503 g/mol. The summed E-state index contributed by atoms with van der Waals surface area (Å²) in [6.07, 6.45) is -0.534. The van der Waals surface area contributed by atoms with Crippen molar-refractivity contribution in [2.45, 2.75) is 39.2 Å². The van der Waals surface area contributed by atoms with Crippen LogP contribution in [0.2, 0.25) is 10.0 Å². The van der Waals surface area contributed by atoms with Crippen molar-refractivity contribution in [2.24, 2.45) is 0 Å². The first-order valence-corrected chi connectivity index (χ1v) is 11.6. The molecule has 1 unspecified atom stereocenters. The van der Waals surface area contributed by atoms with E-state index in [-0.39, 0.29) is 18.2 Å². The Morgan fingerprint density at radius 3 is 2.35 bits per heavy atom. The summed E-state index contributed by atoms with van der Waals surface area (Å²) in [7, 11) is 1.42. The van der Waals surface area contributed by atoms with E-state index in [0.717, 1.165) is 5.56 Å². The zero-order chi connectivity index (χ0) is 25.0. The predicted molar refractivity (Wildman–Crippen MR) is 136 cm³/mol. The zero-order valence-electron chi connectivity index (χ0n) is 19.8. The molecule has 3 rings (SSSR count). The Morgan fingerprint density at radius 1 is 1.06 bits per heavy atom. The maximum Gasteiger partial charge on any atom is 0.407 e. The van der Waals surface area contributed by atoms with Gasteiger partial charge in [0.25, 0.3) is 0 Å². The van der Waals surface area contributed by atoms with Gasteiger partial charge in [0.15, 0.2) is 11.6 Å². The Balaban J connectivity index is 2.10. The van der Waals surface area contributed by atoms with E-state index in [2.05, 4.69) is 5.32 Å². The molecule has 0 bridgehead atoms. The third-order valence-corrected chi connectivity index (χ3v) is 5.96. The van der Waals surface area contributed by atoms with Gasteiger partial charge in [0.1, 0.15) is 5.60 Å².